The van der Waals surface area contributed by atoms with Crippen LogP contribution in [0.4, 0.5) is 11.4 Å². The average Bonchev–Trinajstić information content (AvgIpc) is 3.63. The first-order valence-corrected chi connectivity index (χ1v) is 12.7. The van der Waals surface area contributed by atoms with Crippen molar-refractivity contribution < 1.29 is 4.74 Å². The lowest BCUT2D eigenvalue weighted by Crippen LogP contribution is -2.53. The summed E-state index contributed by atoms with van der Waals surface area (Å²) in [6.07, 6.45) is 8.49. The second kappa shape index (κ2) is 7.48. The van der Waals surface area contributed by atoms with Gasteiger partial charge in [0.1, 0.15) is 18.0 Å². The Morgan fingerprint density at radius 1 is 1.17 bits per heavy atom. The van der Waals surface area contributed by atoms with Crippen LogP contribution in [0.5, 0.6) is 5.88 Å². The zero-order valence-electron chi connectivity index (χ0n) is 20.8. The highest BCUT2D eigenvalue weighted by Crippen LogP contribution is 2.52. The van der Waals surface area contributed by atoms with Crippen LogP contribution in [0.1, 0.15) is 35.1 Å². The van der Waals surface area contributed by atoms with Gasteiger partial charge in [0, 0.05) is 53.9 Å². The molecule has 7 rings (SSSR count). The van der Waals surface area contributed by atoms with Gasteiger partial charge in [0.25, 0.3) is 0 Å². The van der Waals surface area contributed by atoms with Crippen LogP contribution in [0, 0.1) is 6.92 Å². The molecule has 3 aromatic rings. The van der Waals surface area contributed by atoms with Crippen LogP contribution in [0.25, 0.3) is 23.4 Å². The maximum absolute atomic E-state index is 7.01. The fourth-order valence-corrected chi connectivity index (χ4v) is 6.32. The minimum absolute atomic E-state index is 0.356. The van der Waals surface area contributed by atoms with E-state index in [2.05, 4.69) is 64.8 Å². The Morgan fingerprint density at radius 3 is 2.86 bits per heavy atom. The molecule has 1 saturated carbocycles. The van der Waals surface area contributed by atoms with E-state index in [1.807, 2.05) is 18.5 Å². The third-order valence-corrected chi connectivity index (χ3v) is 8.36. The second-order valence-electron chi connectivity index (χ2n) is 10.9. The van der Waals surface area contributed by atoms with Crippen molar-refractivity contribution in [3.05, 3.63) is 69.2 Å². The molecule has 1 unspecified atom stereocenters. The van der Waals surface area contributed by atoms with Gasteiger partial charge >= 0.3 is 0 Å². The molecule has 0 bridgehead atoms. The summed E-state index contributed by atoms with van der Waals surface area (Å²) in [7, 11) is 2.21. The number of rotatable bonds is 2. The fourth-order valence-electron chi connectivity index (χ4n) is 6.32. The molecule has 1 aromatic heterocycles. The van der Waals surface area contributed by atoms with E-state index in [4.69, 9.17) is 16.2 Å². The standard InChI is InChI=1S/C29H32N6O/c1-17-22(13-33-27-26(17)32-7-8-36-27)18-9-19-12-29(31,34-14-23(19)25(30)11-18)21-3-4-24-20(10-21)15-35(2)16-28(24)5-6-28/h3-4,9-14,32,34H,5-8,15-16,30-31H2,1-2H3. The molecule has 1 spiro atoms. The summed E-state index contributed by atoms with van der Waals surface area (Å²) in [5.74, 6) is 0.657. The van der Waals surface area contributed by atoms with E-state index in [0.29, 0.717) is 23.6 Å². The lowest BCUT2D eigenvalue weighted by Gasteiger charge is -2.35. The molecular formula is C29H32N6O. The van der Waals surface area contributed by atoms with Gasteiger partial charge in [-0.25, -0.2) is 4.98 Å². The Morgan fingerprint density at radius 2 is 2.03 bits per heavy atom. The van der Waals surface area contributed by atoms with E-state index in [1.165, 1.54) is 24.0 Å². The maximum Gasteiger partial charge on any atom is 0.237 e. The normalized spacial score (nSPS) is 23.1. The quantitative estimate of drug-likeness (QED) is 0.415. The van der Waals surface area contributed by atoms with Gasteiger partial charge in [-0.1, -0.05) is 18.2 Å². The Labute approximate surface area is 210 Å². The van der Waals surface area contributed by atoms with Gasteiger partial charge in [-0.15, -0.1) is 0 Å². The number of fused-ring (bicyclic) bond motifs is 4. The molecule has 36 heavy (non-hydrogen) atoms. The summed E-state index contributed by atoms with van der Waals surface area (Å²) in [5.41, 5.74) is 21.9. The Kier molecular flexibility index (Phi) is 4.51. The summed E-state index contributed by atoms with van der Waals surface area (Å²) in [6, 6.07) is 11.0. The predicted octanol–water partition coefficient (Wildman–Crippen LogP) is 1.85. The first kappa shape index (κ1) is 21.7. The number of hydrogen-bond donors (Lipinski definition) is 4. The molecule has 0 saturated heterocycles. The van der Waals surface area contributed by atoms with Crippen LogP contribution in [0.2, 0.25) is 0 Å². The van der Waals surface area contributed by atoms with Gasteiger partial charge in [0.15, 0.2) is 0 Å². The molecule has 7 heteroatoms. The van der Waals surface area contributed by atoms with Crippen LogP contribution < -0.4 is 37.3 Å². The third-order valence-electron chi connectivity index (χ3n) is 8.36. The number of aromatic nitrogens is 1. The SMILES string of the molecule is Cc1c(-c2cc(N)c3c(c2)=CC(N)(c2ccc4c(c2)CN(C)CC42CC2)NC=3)cnc2c1NCCO2. The zero-order valence-corrected chi connectivity index (χ0v) is 20.8. The molecule has 1 atom stereocenters. The number of anilines is 2. The average molecular weight is 481 g/mol. The first-order chi connectivity index (χ1) is 17.4. The van der Waals surface area contributed by atoms with Gasteiger partial charge in [-0.05, 0) is 78.1 Å². The van der Waals surface area contributed by atoms with Gasteiger partial charge in [-0.2, -0.15) is 0 Å². The maximum atomic E-state index is 7.01. The number of likely N-dealkylation sites (N-methyl/N-ethyl adjacent to an activating group) is 1. The predicted molar refractivity (Wildman–Crippen MR) is 144 cm³/mol. The molecular weight excluding hydrogens is 448 g/mol. The largest absolute Gasteiger partial charge is 0.474 e. The lowest BCUT2D eigenvalue weighted by molar-refractivity contribution is 0.271. The smallest absolute Gasteiger partial charge is 0.237 e. The molecule has 1 fully saturated rings. The highest BCUT2D eigenvalue weighted by atomic mass is 16.5. The Bertz CT molecular complexity index is 1540. The third kappa shape index (κ3) is 3.23. The van der Waals surface area contributed by atoms with Crippen molar-refractivity contribution in [3.8, 4) is 17.0 Å². The van der Waals surface area contributed by atoms with Crippen LogP contribution in [-0.4, -0.2) is 36.6 Å². The van der Waals surface area contributed by atoms with E-state index in [1.54, 1.807) is 0 Å². The fraction of sp³-hybridized carbons (Fsp3) is 0.345. The molecule has 3 aliphatic heterocycles. The van der Waals surface area contributed by atoms with Crippen LogP contribution in [-0.2, 0) is 17.6 Å². The van der Waals surface area contributed by atoms with Crippen molar-refractivity contribution in [1.29, 1.82) is 0 Å². The van der Waals surface area contributed by atoms with Crippen LogP contribution in [0.3, 0.4) is 0 Å². The number of benzene rings is 2. The molecule has 0 radical (unpaired) electrons. The summed E-state index contributed by atoms with van der Waals surface area (Å²) < 4.78 is 5.71. The zero-order chi connectivity index (χ0) is 24.7. The highest BCUT2D eigenvalue weighted by molar-refractivity contribution is 5.78. The number of hydrogen-bond acceptors (Lipinski definition) is 7. The lowest BCUT2D eigenvalue weighted by atomic mass is 9.84. The molecule has 7 nitrogen and oxygen atoms in total. The second-order valence-corrected chi connectivity index (χ2v) is 10.9. The van der Waals surface area contributed by atoms with Crippen molar-refractivity contribution in [2.24, 2.45) is 5.73 Å². The van der Waals surface area contributed by atoms with Crippen molar-refractivity contribution >= 4 is 23.7 Å². The van der Waals surface area contributed by atoms with Crippen LogP contribution >= 0.6 is 0 Å². The van der Waals surface area contributed by atoms with E-state index >= 15 is 0 Å². The number of nitrogens with two attached hydrogens (primary N) is 2. The molecule has 6 N–H and O–H groups in total. The summed E-state index contributed by atoms with van der Waals surface area (Å²) in [6.45, 7) is 5.60. The van der Waals surface area contributed by atoms with Gasteiger partial charge in [0.05, 0.1) is 0 Å². The number of nitrogens with one attached hydrogen (secondary N) is 2. The minimum Gasteiger partial charge on any atom is -0.474 e. The minimum atomic E-state index is -0.821. The number of pyridine rings is 1. The summed E-state index contributed by atoms with van der Waals surface area (Å²) in [4.78, 5) is 6.99. The number of nitrogens with zero attached hydrogens (tertiary/aromatic N) is 2. The van der Waals surface area contributed by atoms with Gasteiger partial charge < -0.3 is 31.7 Å². The van der Waals surface area contributed by atoms with Crippen molar-refractivity contribution in [2.75, 3.05) is 37.8 Å². The molecule has 1 aliphatic carbocycles. The highest BCUT2D eigenvalue weighted by Gasteiger charge is 2.48. The number of ether oxygens (including phenoxy) is 1. The van der Waals surface area contributed by atoms with Crippen molar-refractivity contribution in [3.63, 3.8) is 0 Å². The first-order valence-electron chi connectivity index (χ1n) is 12.7. The van der Waals surface area contributed by atoms with Gasteiger partial charge in [0.2, 0.25) is 5.88 Å². The molecule has 4 aliphatic rings. The van der Waals surface area contributed by atoms with E-state index < -0.39 is 5.66 Å². The van der Waals surface area contributed by atoms with Crippen molar-refractivity contribution in [1.82, 2.24) is 15.2 Å². The van der Waals surface area contributed by atoms with Crippen LogP contribution in [0.15, 0.2) is 36.5 Å². The van der Waals surface area contributed by atoms with Crippen molar-refractivity contribution in [2.45, 2.75) is 37.4 Å². The Balaban J connectivity index is 1.32. The topological polar surface area (TPSA) is 101 Å². The molecule has 4 heterocycles. The van der Waals surface area contributed by atoms with E-state index in [0.717, 1.165) is 58.0 Å². The van der Waals surface area contributed by atoms with E-state index in [9.17, 15) is 0 Å². The van der Waals surface area contributed by atoms with Gasteiger partial charge in [-0.3, -0.25) is 0 Å². The monoisotopic (exact) mass is 480 g/mol. The summed E-state index contributed by atoms with van der Waals surface area (Å²) in [5, 5.41) is 8.84. The molecule has 0 amide bonds. The number of nitrogen functional groups attached to an aromatic ring is 1. The molecule has 2 aromatic carbocycles. The Hall–Kier alpha value is -3.55. The van der Waals surface area contributed by atoms with E-state index in [-0.39, 0.29) is 0 Å². The summed E-state index contributed by atoms with van der Waals surface area (Å²) >= 11 is 0. The molecule has 184 valence electrons.